The monoisotopic (exact) mass is 287 g/mol. The molecule has 0 saturated carbocycles. The number of carbonyl (C=O) groups excluding carboxylic acids is 1. The number of benzene rings is 1. The fourth-order valence-electron chi connectivity index (χ4n) is 2.59. The first-order chi connectivity index (χ1) is 10.2. The average Bonchev–Trinajstić information content (AvgIpc) is 2.52. The molecule has 21 heavy (non-hydrogen) atoms. The lowest BCUT2D eigenvalue weighted by atomic mass is 9.97. The maximum absolute atomic E-state index is 11.2. The molecule has 0 spiro atoms. The number of primary amides is 1. The fraction of sp³-hybridized carbons (Fsp3) is 0.500. The number of nitrogens with two attached hydrogens (primary N) is 1. The van der Waals surface area contributed by atoms with E-state index in [0.29, 0.717) is 12.2 Å². The Kier molecular flexibility index (Phi) is 5.59. The van der Waals surface area contributed by atoms with Crippen molar-refractivity contribution in [1.82, 2.24) is 4.90 Å². The van der Waals surface area contributed by atoms with E-state index in [0.717, 1.165) is 44.6 Å². The smallest absolute Gasteiger partial charge is 0.221 e. The molecule has 0 bridgehead atoms. The second-order valence-electron chi connectivity index (χ2n) is 5.38. The number of hydrogen-bond acceptors (Lipinski definition) is 4. The molecule has 1 fully saturated rings. The van der Waals surface area contributed by atoms with Crippen LogP contribution < -0.4 is 10.5 Å². The third-order valence-corrected chi connectivity index (χ3v) is 3.78. The van der Waals surface area contributed by atoms with Crippen LogP contribution in [0, 0.1) is 17.2 Å². The number of nitriles is 1. The van der Waals surface area contributed by atoms with Gasteiger partial charge < -0.3 is 15.4 Å². The summed E-state index contributed by atoms with van der Waals surface area (Å²) in [6, 6.07) is 9.19. The number of piperidine rings is 1. The van der Waals surface area contributed by atoms with E-state index in [9.17, 15) is 4.79 Å². The zero-order valence-electron chi connectivity index (χ0n) is 12.1. The van der Waals surface area contributed by atoms with E-state index < -0.39 is 0 Å². The van der Waals surface area contributed by atoms with E-state index in [4.69, 9.17) is 15.7 Å². The molecule has 2 N–H and O–H groups in total. The quantitative estimate of drug-likeness (QED) is 0.805. The zero-order chi connectivity index (χ0) is 15.1. The zero-order valence-corrected chi connectivity index (χ0v) is 12.1. The third-order valence-electron chi connectivity index (χ3n) is 3.78. The maximum Gasteiger partial charge on any atom is 0.221 e. The summed E-state index contributed by atoms with van der Waals surface area (Å²) in [4.78, 5) is 13.5. The molecule has 1 aromatic carbocycles. The van der Waals surface area contributed by atoms with Crippen molar-refractivity contribution >= 4 is 5.91 Å². The molecular formula is C16H21N3O2. The molecule has 1 atom stereocenters. The van der Waals surface area contributed by atoms with Crippen molar-refractivity contribution in [1.29, 1.82) is 5.26 Å². The number of rotatable bonds is 6. The van der Waals surface area contributed by atoms with Crippen molar-refractivity contribution in [2.75, 3.05) is 26.2 Å². The second kappa shape index (κ2) is 7.65. The molecule has 1 unspecified atom stereocenters. The molecule has 2 rings (SSSR count). The Hall–Kier alpha value is -2.06. The summed E-state index contributed by atoms with van der Waals surface area (Å²) in [5.41, 5.74) is 6.00. The predicted octanol–water partition coefficient (Wildman–Crippen LogP) is 1.52. The fourth-order valence-corrected chi connectivity index (χ4v) is 2.59. The van der Waals surface area contributed by atoms with E-state index in [1.54, 1.807) is 12.1 Å². The molecule has 1 heterocycles. The molecule has 0 radical (unpaired) electrons. The van der Waals surface area contributed by atoms with E-state index >= 15 is 0 Å². The van der Waals surface area contributed by atoms with Crippen molar-refractivity contribution in [3.8, 4) is 11.8 Å². The average molecular weight is 287 g/mol. The normalized spacial score (nSPS) is 18.9. The van der Waals surface area contributed by atoms with E-state index in [1.165, 1.54) is 0 Å². The van der Waals surface area contributed by atoms with Crippen LogP contribution in [0.25, 0.3) is 0 Å². The number of hydrogen-bond donors (Lipinski definition) is 1. The summed E-state index contributed by atoms with van der Waals surface area (Å²) in [7, 11) is 0. The predicted molar refractivity (Wildman–Crippen MR) is 79.6 cm³/mol. The van der Waals surface area contributed by atoms with Crippen molar-refractivity contribution in [3.63, 3.8) is 0 Å². The van der Waals surface area contributed by atoms with Crippen LogP contribution in [0.4, 0.5) is 0 Å². The molecule has 5 nitrogen and oxygen atoms in total. The molecule has 1 aliphatic rings. The Bertz CT molecular complexity index is 507. The lowest BCUT2D eigenvalue weighted by molar-refractivity contribution is -0.123. The van der Waals surface area contributed by atoms with Gasteiger partial charge in [0.15, 0.2) is 0 Å². The first-order valence-corrected chi connectivity index (χ1v) is 7.33. The maximum atomic E-state index is 11.2. The molecule has 0 aliphatic carbocycles. The highest BCUT2D eigenvalue weighted by Crippen LogP contribution is 2.16. The van der Waals surface area contributed by atoms with Gasteiger partial charge in [0.1, 0.15) is 5.75 Å². The highest BCUT2D eigenvalue weighted by Gasteiger charge is 2.23. The summed E-state index contributed by atoms with van der Waals surface area (Å²) in [6.45, 7) is 3.34. The largest absolute Gasteiger partial charge is 0.494 e. The Labute approximate surface area is 125 Å². The van der Waals surface area contributed by atoms with Gasteiger partial charge in [-0.1, -0.05) is 0 Å². The first kappa shape index (κ1) is 15.3. The van der Waals surface area contributed by atoms with Crippen LogP contribution in [0.2, 0.25) is 0 Å². The van der Waals surface area contributed by atoms with Crippen LogP contribution in [-0.4, -0.2) is 37.0 Å². The van der Waals surface area contributed by atoms with Crippen LogP contribution in [-0.2, 0) is 4.79 Å². The van der Waals surface area contributed by atoms with Gasteiger partial charge in [-0.15, -0.1) is 0 Å². The molecule has 0 aromatic heterocycles. The van der Waals surface area contributed by atoms with Crippen LogP contribution >= 0.6 is 0 Å². The first-order valence-electron chi connectivity index (χ1n) is 7.33. The summed E-state index contributed by atoms with van der Waals surface area (Å²) in [5, 5.41) is 8.72. The topological polar surface area (TPSA) is 79.3 Å². The Morgan fingerprint density at radius 3 is 2.86 bits per heavy atom. The van der Waals surface area contributed by atoms with Gasteiger partial charge in [-0.3, -0.25) is 4.79 Å². The summed E-state index contributed by atoms with van der Waals surface area (Å²) >= 11 is 0. The number of ether oxygens (including phenoxy) is 1. The Balaban J connectivity index is 1.67. The molecular weight excluding hydrogens is 266 g/mol. The van der Waals surface area contributed by atoms with Crippen LogP contribution in [0.5, 0.6) is 5.75 Å². The lowest BCUT2D eigenvalue weighted by Gasteiger charge is -2.30. The van der Waals surface area contributed by atoms with Crippen LogP contribution in [0.3, 0.4) is 0 Å². The van der Waals surface area contributed by atoms with Crippen molar-refractivity contribution in [2.45, 2.75) is 19.3 Å². The van der Waals surface area contributed by atoms with E-state index in [2.05, 4.69) is 11.0 Å². The minimum atomic E-state index is -0.187. The standard InChI is InChI=1S/C16H21N3O2/c17-11-13-4-6-15(7-5-13)21-10-2-9-19-8-1-3-14(12-19)16(18)20/h4-7,14H,1-3,8-10,12H2,(H2,18,20). The molecule has 1 aliphatic heterocycles. The molecule has 1 aromatic rings. The molecule has 1 saturated heterocycles. The minimum absolute atomic E-state index is 0.00167. The molecule has 5 heteroatoms. The van der Waals surface area contributed by atoms with Gasteiger partial charge in [0.2, 0.25) is 5.91 Å². The van der Waals surface area contributed by atoms with Gasteiger partial charge >= 0.3 is 0 Å². The van der Waals surface area contributed by atoms with Crippen LogP contribution in [0.1, 0.15) is 24.8 Å². The molecule has 112 valence electrons. The molecule has 1 amide bonds. The summed E-state index contributed by atoms with van der Waals surface area (Å²) < 4.78 is 5.64. The van der Waals surface area contributed by atoms with Gasteiger partial charge in [0, 0.05) is 13.1 Å². The van der Waals surface area contributed by atoms with Gasteiger partial charge in [-0.25, -0.2) is 0 Å². The lowest BCUT2D eigenvalue weighted by Crippen LogP contribution is -2.41. The van der Waals surface area contributed by atoms with Crippen LogP contribution in [0.15, 0.2) is 24.3 Å². The summed E-state index contributed by atoms with van der Waals surface area (Å²) in [6.07, 6.45) is 2.85. The van der Waals surface area contributed by atoms with E-state index in [1.807, 2.05) is 12.1 Å². The number of likely N-dealkylation sites (tertiary alicyclic amines) is 1. The van der Waals surface area contributed by atoms with Gasteiger partial charge in [-0.05, 0) is 50.1 Å². The highest BCUT2D eigenvalue weighted by molar-refractivity contribution is 5.76. The Morgan fingerprint density at radius 1 is 1.43 bits per heavy atom. The second-order valence-corrected chi connectivity index (χ2v) is 5.38. The van der Waals surface area contributed by atoms with Gasteiger partial charge in [0.05, 0.1) is 24.2 Å². The van der Waals surface area contributed by atoms with Crippen molar-refractivity contribution in [2.24, 2.45) is 11.7 Å². The third kappa shape index (κ3) is 4.76. The Morgan fingerprint density at radius 2 is 2.19 bits per heavy atom. The van der Waals surface area contributed by atoms with Gasteiger partial charge in [0.25, 0.3) is 0 Å². The van der Waals surface area contributed by atoms with Gasteiger partial charge in [-0.2, -0.15) is 5.26 Å². The van der Waals surface area contributed by atoms with Crippen molar-refractivity contribution in [3.05, 3.63) is 29.8 Å². The number of nitrogens with zero attached hydrogens (tertiary/aromatic N) is 2. The van der Waals surface area contributed by atoms with E-state index in [-0.39, 0.29) is 11.8 Å². The number of carbonyl (C=O) groups is 1. The summed E-state index contributed by atoms with van der Waals surface area (Å²) in [5.74, 6) is 0.592. The minimum Gasteiger partial charge on any atom is -0.494 e. The number of amides is 1. The highest BCUT2D eigenvalue weighted by atomic mass is 16.5. The SMILES string of the molecule is N#Cc1ccc(OCCCN2CCCC(C(N)=O)C2)cc1. The van der Waals surface area contributed by atoms with Crippen molar-refractivity contribution < 1.29 is 9.53 Å².